The molecular formula is C10H17ClN4S. The lowest BCUT2D eigenvalue weighted by Gasteiger charge is -2.09. The summed E-state index contributed by atoms with van der Waals surface area (Å²) in [7, 11) is 0. The van der Waals surface area contributed by atoms with E-state index in [1.165, 1.54) is 0 Å². The van der Waals surface area contributed by atoms with Crippen LogP contribution < -0.4 is 10.6 Å². The molecule has 0 spiro atoms. The molecule has 2 N–H and O–H groups in total. The van der Waals surface area contributed by atoms with Gasteiger partial charge in [-0.3, -0.25) is 4.68 Å². The summed E-state index contributed by atoms with van der Waals surface area (Å²) in [6, 6.07) is 0. The van der Waals surface area contributed by atoms with Crippen molar-refractivity contribution in [2.45, 2.75) is 26.3 Å². The summed E-state index contributed by atoms with van der Waals surface area (Å²) >= 11 is 10.8. The van der Waals surface area contributed by atoms with Gasteiger partial charge in [0.2, 0.25) is 0 Å². The minimum atomic E-state index is 0.674. The summed E-state index contributed by atoms with van der Waals surface area (Å²) in [4.78, 5) is 0. The molecule has 0 amide bonds. The standard InChI is InChI=1S/C10H17ClN4S/c1-2-4-12-10(16)13-5-3-6-15-8-9(11)7-14-15/h7-8H,2-6H2,1H3,(H2,12,13,16). The quantitative estimate of drug-likeness (QED) is 0.605. The number of aryl methyl sites for hydroxylation is 1. The summed E-state index contributed by atoms with van der Waals surface area (Å²) in [5.74, 6) is 0. The molecule has 0 saturated heterocycles. The number of nitrogens with one attached hydrogen (secondary N) is 2. The van der Waals surface area contributed by atoms with Crippen LogP contribution in [0.2, 0.25) is 5.02 Å². The number of halogens is 1. The molecule has 90 valence electrons. The van der Waals surface area contributed by atoms with Gasteiger partial charge in [0.05, 0.1) is 11.2 Å². The fraction of sp³-hybridized carbons (Fsp3) is 0.600. The van der Waals surface area contributed by atoms with Gasteiger partial charge < -0.3 is 10.6 Å². The molecule has 0 aliphatic rings. The fourth-order valence-corrected chi connectivity index (χ4v) is 1.57. The maximum absolute atomic E-state index is 5.75. The molecular weight excluding hydrogens is 244 g/mol. The van der Waals surface area contributed by atoms with Crippen molar-refractivity contribution < 1.29 is 0 Å². The number of aromatic nitrogens is 2. The normalized spacial score (nSPS) is 10.1. The van der Waals surface area contributed by atoms with Crippen molar-refractivity contribution in [3.63, 3.8) is 0 Å². The Bertz CT molecular complexity index is 326. The third-order valence-electron chi connectivity index (χ3n) is 1.99. The van der Waals surface area contributed by atoms with Gasteiger partial charge in [-0.2, -0.15) is 5.10 Å². The van der Waals surface area contributed by atoms with E-state index in [2.05, 4.69) is 22.7 Å². The van der Waals surface area contributed by atoms with Gasteiger partial charge >= 0.3 is 0 Å². The minimum absolute atomic E-state index is 0.674. The third-order valence-corrected chi connectivity index (χ3v) is 2.47. The van der Waals surface area contributed by atoms with Crippen LogP contribution in [0.25, 0.3) is 0 Å². The first-order valence-electron chi connectivity index (χ1n) is 5.42. The Kier molecular flexibility index (Phi) is 6.18. The Balaban J connectivity index is 2.05. The van der Waals surface area contributed by atoms with E-state index in [-0.39, 0.29) is 0 Å². The van der Waals surface area contributed by atoms with Crippen molar-refractivity contribution in [2.24, 2.45) is 0 Å². The van der Waals surface area contributed by atoms with Gasteiger partial charge in [0.1, 0.15) is 0 Å². The van der Waals surface area contributed by atoms with E-state index in [0.717, 1.165) is 37.6 Å². The van der Waals surface area contributed by atoms with Crippen molar-refractivity contribution in [3.8, 4) is 0 Å². The van der Waals surface area contributed by atoms with Crippen molar-refractivity contribution in [1.29, 1.82) is 0 Å². The summed E-state index contributed by atoms with van der Waals surface area (Å²) < 4.78 is 1.83. The van der Waals surface area contributed by atoms with Crippen LogP contribution in [0.1, 0.15) is 19.8 Å². The van der Waals surface area contributed by atoms with Crippen LogP contribution in [0.4, 0.5) is 0 Å². The highest BCUT2D eigenvalue weighted by molar-refractivity contribution is 7.80. The average Bonchev–Trinajstić information content (AvgIpc) is 2.67. The highest BCUT2D eigenvalue weighted by Gasteiger charge is 1.96. The van der Waals surface area contributed by atoms with Gasteiger partial charge in [0, 0.05) is 25.8 Å². The molecule has 1 aromatic rings. The molecule has 6 heteroatoms. The number of rotatable bonds is 6. The molecule has 0 fully saturated rings. The Morgan fingerprint density at radius 2 is 2.25 bits per heavy atom. The average molecular weight is 261 g/mol. The molecule has 0 bridgehead atoms. The van der Waals surface area contributed by atoms with Gasteiger partial charge in [0.15, 0.2) is 5.11 Å². The number of hydrogen-bond donors (Lipinski definition) is 2. The Hall–Kier alpha value is -0.810. The highest BCUT2D eigenvalue weighted by Crippen LogP contribution is 2.04. The van der Waals surface area contributed by atoms with E-state index in [1.807, 2.05) is 10.9 Å². The smallest absolute Gasteiger partial charge is 0.166 e. The van der Waals surface area contributed by atoms with Crippen LogP contribution in [0.15, 0.2) is 12.4 Å². The molecule has 1 rings (SSSR count). The first-order chi connectivity index (χ1) is 7.72. The van der Waals surface area contributed by atoms with E-state index >= 15 is 0 Å². The molecule has 16 heavy (non-hydrogen) atoms. The maximum atomic E-state index is 5.75. The van der Waals surface area contributed by atoms with Gasteiger partial charge in [-0.25, -0.2) is 0 Å². The molecule has 0 aromatic carbocycles. The van der Waals surface area contributed by atoms with E-state index in [0.29, 0.717) is 5.02 Å². The zero-order valence-electron chi connectivity index (χ0n) is 9.37. The van der Waals surface area contributed by atoms with Crippen LogP contribution in [-0.4, -0.2) is 28.0 Å². The molecule has 0 aliphatic carbocycles. The lowest BCUT2D eigenvalue weighted by atomic mass is 10.4. The molecule has 1 heterocycles. The zero-order chi connectivity index (χ0) is 11.8. The summed E-state index contributed by atoms with van der Waals surface area (Å²) in [5.41, 5.74) is 0. The van der Waals surface area contributed by atoms with Gasteiger partial charge in [-0.15, -0.1) is 0 Å². The number of hydrogen-bond acceptors (Lipinski definition) is 2. The predicted molar refractivity (Wildman–Crippen MR) is 70.7 cm³/mol. The van der Waals surface area contributed by atoms with E-state index in [1.54, 1.807) is 6.20 Å². The van der Waals surface area contributed by atoms with E-state index < -0.39 is 0 Å². The summed E-state index contributed by atoms with van der Waals surface area (Å²) in [5, 5.41) is 11.7. The monoisotopic (exact) mass is 260 g/mol. The largest absolute Gasteiger partial charge is 0.363 e. The lowest BCUT2D eigenvalue weighted by Crippen LogP contribution is -2.36. The highest BCUT2D eigenvalue weighted by atomic mass is 35.5. The Morgan fingerprint density at radius 1 is 1.50 bits per heavy atom. The molecule has 1 aromatic heterocycles. The molecule has 4 nitrogen and oxygen atoms in total. The molecule has 0 aliphatic heterocycles. The second-order valence-corrected chi connectivity index (χ2v) is 4.30. The van der Waals surface area contributed by atoms with Crippen LogP contribution in [0.5, 0.6) is 0 Å². The van der Waals surface area contributed by atoms with E-state index in [4.69, 9.17) is 23.8 Å². The SMILES string of the molecule is CCCNC(=S)NCCCn1cc(Cl)cn1. The molecule has 0 unspecified atom stereocenters. The van der Waals surface area contributed by atoms with Gasteiger partial charge in [-0.05, 0) is 25.1 Å². The third kappa shape index (κ3) is 5.32. The fourth-order valence-electron chi connectivity index (χ4n) is 1.20. The molecule has 0 atom stereocenters. The zero-order valence-corrected chi connectivity index (χ0v) is 10.9. The van der Waals surface area contributed by atoms with E-state index in [9.17, 15) is 0 Å². The second kappa shape index (κ2) is 7.46. The molecule has 0 radical (unpaired) electrons. The topological polar surface area (TPSA) is 41.9 Å². The Labute approximate surface area is 106 Å². The number of thiocarbonyl (C=S) groups is 1. The number of nitrogens with zero attached hydrogens (tertiary/aromatic N) is 2. The Morgan fingerprint density at radius 3 is 2.88 bits per heavy atom. The van der Waals surface area contributed by atoms with Crippen LogP contribution in [-0.2, 0) is 6.54 Å². The van der Waals surface area contributed by atoms with Crippen LogP contribution in [0, 0.1) is 0 Å². The first kappa shape index (κ1) is 13.3. The second-order valence-electron chi connectivity index (χ2n) is 3.46. The van der Waals surface area contributed by atoms with Crippen LogP contribution >= 0.6 is 23.8 Å². The van der Waals surface area contributed by atoms with Crippen molar-refractivity contribution >= 4 is 28.9 Å². The summed E-state index contributed by atoms with van der Waals surface area (Å²) in [6.45, 7) is 4.71. The van der Waals surface area contributed by atoms with Crippen molar-refractivity contribution in [1.82, 2.24) is 20.4 Å². The van der Waals surface area contributed by atoms with Crippen molar-refractivity contribution in [3.05, 3.63) is 17.4 Å². The maximum Gasteiger partial charge on any atom is 0.166 e. The van der Waals surface area contributed by atoms with Crippen LogP contribution in [0.3, 0.4) is 0 Å². The predicted octanol–water partition coefficient (Wildman–Crippen LogP) is 1.80. The molecule has 0 saturated carbocycles. The van der Waals surface area contributed by atoms with Crippen molar-refractivity contribution in [2.75, 3.05) is 13.1 Å². The van der Waals surface area contributed by atoms with Gasteiger partial charge in [0.25, 0.3) is 0 Å². The van der Waals surface area contributed by atoms with Gasteiger partial charge in [-0.1, -0.05) is 18.5 Å². The first-order valence-corrected chi connectivity index (χ1v) is 6.20. The lowest BCUT2D eigenvalue weighted by molar-refractivity contribution is 0.571. The summed E-state index contributed by atoms with van der Waals surface area (Å²) in [6.07, 6.45) is 5.50. The minimum Gasteiger partial charge on any atom is -0.363 e.